The largest absolute Gasteiger partial charge is 0.454 e. The summed E-state index contributed by atoms with van der Waals surface area (Å²) in [5, 5.41) is 2.64. The van der Waals surface area contributed by atoms with E-state index in [2.05, 4.69) is 14.8 Å². The van der Waals surface area contributed by atoms with Crippen LogP contribution >= 0.6 is 11.6 Å². The highest BCUT2D eigenvalue weighted by molar-refractivity contribution is 7.89. The van der Waals surface area contributed by atoms with Crippen molar-refractivity contribution in [2.75, 3.05) is 11.9 Å². The quantitative estimate of drug-likeness (QED) is 0.494. The molecule has 2 aromatic carbocycles. The zero-order valence-electron chi connectivity index (χ0n) is 17.0. The van der Waals surface area contributed by atoms with Gasteiger partial charge in [-0.25, -0.2) is 8.42 Å². The molecule has 2 N–H and O–H groups in total. The molecule has 174 valence electrons. The van der Waals surface area contributed by atoms with Crippen LogP contribution in [0.3, 0.4) is 0 Å². The number of benzene rings is 2. The summed E-state index contributed by atoms with van der Waals surface area (Å²) in [4.78, 5) is 24.4. The third-order valence-electron chi connectivity index (χ3n) is 4.05. The van der Waals surface area contributed by atoms with Crippen LogP contribution in [0.25, 0.3) is 0 Å². The summed E-state index contributed by atoms with van der Waals surface area (Å²) in [6.45, 7) is -0.678. The fraction of sp³-hybridized carbons (Fsp3) is 0.300. The second kappa shape index (κ2) is 11.2. The number of nitrogens with one attached hydrogen (secondary N) is 2. The summed E-state index contributed by atoms with van der Waals surface area (Å²) in [5.41, 5.74) is -0.0438. The molecule has 0 saturated heterocycles. The first-order valence-electron chi connectivity index (χ1n) is 9.28. The number of alkyl halides is 2. The van der Waals surface area contributed by atoms with Crippen LogP contribution in [0.1, 0.15) is 13.8 Å². The highest BCUT2D eigenvalue weighted by Crippen LogP contribution is 2.25. The lowest BCUT2D eigenvalue weighted by atomic mass is 10.1. The maximum atomic E-state index is 12.6. The van der Waals surface area contributed by atoms with Gasteiger partial charge in [0.15, 0.2) is 6.61 Å². The average Bonchev–Trinajstić information content (AvgIpc) is 2.71. The Hall–Kier alpha value is -2.76. The number of carbonyl (C=O) groups is 2. The minimum absolute atomic E-state index is 0.0438. The van der Waals surface area contributed by atoms with E-state index in [9.17, 15) is 26.8 Å². The standard InChI is InChI=1S/C20H21ClF2N2O6S/c1-12(2)18(25-32(28,29)14-9-7-13(21)8-10-14)19(27)30-11-17(26)24-15-5-3-4-6-16(15)31-20(22)23/h3-10,12,18,20,25H,11H2,1-2H3,(H,24,26)/t18-/m1/s1. The third-order valence-corrected chi connectivity index (χ3v) is 5.76. The van der Waals surface area contributed by atoms with Gasteiger partial charge in [0, 0.05) is 5.02 Å². The van der Waals surface area contributed by atoms with E-state index in [-0.39, 0.29) is 16.3 Å². The molecule has 2 rings (SSSR count). The van der Waals surface area contributed by atoms with Crippen molar-refractivity contribution in [2.45, 2.75) is 31.4 Å². The van der Waals surface area contributed by atoms with Gasteiger partial charge in [0.2, 0.25) is 10.0 Å². The normalized spacial score (nSPS) is 12.5. The average molecular weight is 491 g/mol. The van der Waals surface area contributed by atoms with Gasteiger partial charge in [-0.1, -0.05) is 37.6 Å². The number of carbonyl (C=O) groups excluding carboxylic acids is 2. The van der Waals surface area contributed by atoms with E-state index in [0.29, 0.717) is 5.02 Å². The number of sulfonamides is 1. The Morgan fingerprint density at radius 3 is 2.28 bits per heavy atom. The van der Waals surface area contributed by atoms with Gasteiger partial charge in [-0.15, -0.1) is 0 Å². The third kappa shape index (κ3) is 7.43. The smallest absolute Gasteiger partial charge is 0.387 e. The molecule has 0 saturated carbocycles. The van der Waals surface area contributed by atoms with Crippen molar-refractivity contribution in [3.05, 3.63) is 53.6 Å². The maximum Gasteiger partial charge on any atom is 0.387 e. The molecular formula is C20H21ClF2N2O6S. The summed E-state index contributed by atoms with van der Waals surface area (Å²) < 4.78 is 61.5. The topological polar surface area (TPSA) is 111 Å². The Kier molecular flexibility index (Phi) is 8.93. The predicted molar refractivity (Wildman–Crippen MR) is 113 cm³/mol. The van der Waals surface area contributed by atoms with Gasteiger partial charge >= 0.3 is 12.6 Å². The lowest BCUT2D eigenvalue weighted by Gasteiger charge is -2.21. The number of amides is 1. The molecule has 32 heavy (non-hydrogen) atoms. The highest BCUT2D eigenvalue weighted by atomic mass is 35.5. The first-order chi connectivity index (χ1) is 15.0. The Balaban J connectivity index is 2.01. The van der Waals surface area contributed by atoms with Crippen LogP contribution in [0, 0.1) is 5.92 Å². The van der Waals surface area contributed by atoms with E-state index in [1.807, 2.05) is 0 Å². The number of hydrogen-bond donors (Lipinski definition) is 2. The molecule has 8 nitrogen and oxygen atoms in total. The Morgan fingerprint density at radius 1 is 1.06 bits per heavy atom. The number of esters is 1. The summed E-state index contributed by atoms with van der Waals surface area (Å²) in [6, 6.07) is 9.53. The Morgan fingerprint density at radius 2 is 1.69 bits per heavy atom. The summed E-state index contributed by atoms with van der Waals surface area (Å²) in [7, 11) is -4.07. The monoisotopic (exact) mass is 490 g/mol. The van der Waals surface area contributed by atoms with Crippen molar-refractivity contribution in [1.29, 1.82) is 0 Å². The van der Waals surface area contributed by atoms with Gasteiger partial charge in [0.25, 0.3) is 5.91 Å². The minimum Gasteiger partial charge on any atom is -0.454 e. The first-order valence-corrected chi connectivity index (χ1v) is 11.1. The number of anilines is 1. The summed E-state index contributed by atoms with van der Waals surface area (Å²) in [6.07, 6.45) is 0. The van der Waals surface area contributed by atoms with Gasteiger partial charge < -0.3 is 14.8 Å². The van der Waals surface area contributed by atoms with E-state index >= 15 is 0 Å². The van der Waals surface area contributed by atoms with Crippen LogP contribution in [0.15, 0.2) is 53.4 Å². The number of halogens is 3. The molecule has 0 radical (unpaired) electrons. The van der Waals surface area contributed by atoms with E-state index in [0.717, 1.165) is 0 Å². The lowest BCUT2D eigenvalue weighted by Crippen LogP contribution is -2.45. The summed E-state index contributed by atoms with van der Waals surface area (Å²) in [5.74, 6) is -2.58. The van der Waals surface area contributed by atoms with Crippen LogP contribution in [0.4, 0.5) is 14.5 Å². The lowest BCUT2D eigenvalue weighted by molar-refractivity contribution is -0.150. The molecule has 12 heteroatoms. The van der Waals surface area contributed by atoms with E-state index in [1.165, 1.54) is 48.5 Å². The molecule has 0 unspecified atom stereocenters. The minimum atomic E-state index is -4.07. The fourth-order valence-electron chi connectivity index (χ4n) is 2.49. The molecule has 0 fully saturated rings. The molecule has 0 aliphatic rings. The molecular weight excluding hydrogens is 470 g/mol. The first kappa shape index (κ1) is 25.5. The predicted octanol–water partition coefficient (Wildman–Crippen LogP) is 3.43. The molecule has 0 aromatic heterocycles. The molecule has 0 aliphatic heterocycles. The molecule has 0 spiro atoms. The number of hydrogen-bond acceptors (Lipinski definition) is 6. The van der Waals surface area contributed by atoms with E-state index < -0.39 is 47.1 Å². The van der Waals surface area contributed by atoms with E-state index in [1.54, 1.807) is 13.8 Å². The van der Waals surface area contributed by atoms with Crippen LogP contribution in [0.2, 0.25) is 5.02 Å². The van der Waals surface area contributed by atoms with Crippen molar-refractivity contribution < 1.29 is 36.3 Å². The zero-order valence-corrected chi connectivity index (χ0v) is 18.6. The van der Waals surface area contributed by atoms with Crippen molar-refractivity contribution >= 4 is 39.2 Å². The molecule has 2 aromatic rings. The maximum absolute atomic E-state index is 12.6. The van der Waals surface area contributed by atoms with Gasteiger partial charge in [-0.2, -0.15) is 13.5 Å². The van der Waals surface area contributed by atoms with Crippen LogP contribution in [-0.2, 0) is 24.3 Å². The number of para-hydroxylation sites is 2. The van der Waals surface area contributed by atoms with Crippen LogP contribution < -0.4 is 14.8 Å². The molecule has 0 heterocycles. The Labute approximate surface area is 188 Å². The van der Waals surface area contributed by atoms with Gasteiger partial charge in [-0.05, 0) is 42.3 Å². The zero-order chi connectivity index (χ0) is 23.9. The molecule has 0 bridgehead atoms. The van der Waals surface area contributed by atoms with E-state index in [4.69, 9.17) is 16.3 Å². The van der Waals surface area contributed by atoms with Gasteiger partial charge in [0.05, 0.1) is 10.6 Å². The van der Waals surface area contributed by atoms with Crippen LogP contribution in [-0.4, -0.2) is 39.6 Å². The van der Waals surface area contributed by atoms with Crippen molar-refractivity contribution in [1.82, 2.24) is 4.72 Å². The number of rotatable bonds is 10. The van der Waals surface area contributed by atoms with Crippen LogP contribution in [0.5, 0.6) is 5.75 Å². The van der Waals surface area contributed by atoms with Gasteiger partial charge in [0.1, 0.15) is 11.8 Å². The second-order valence-electron chi connectivity index (χ2n) is 6.83. The second-order valence-corrected chi connectivity index (χ2v) is 8.98. The molecule has 0 aliphatic carbocycles. The SMILES string of the molecule is CC(C)[C@@H](NS(=O)(=O)c1ccc(Cl)cc1)C(=O)OCC(=O)Nc1ccccc1OC(F)F. The summed E-state index contributed by atoms with van der Waals surface area (Å²) >= 11 is 5.76. The Bertz CT molecular complexity index is 1050. The highest BCUT2D eigenvalue weighted by Gasteiger charge is 2.30. The van der Waals surface area contributed by atoms with Crippen molar-refractivity contribution in [3.8, 4) is 5.75 Å². The van der Waals surface area contributed by atoms with Crippen molar-refractivity contribution in [3.63, 3.8) is 0 Å². The molecule has 1 atom stereocenters. The number of ether oxygens (including phenoxy) is 2. The molecule has 1 amide bonds. The van der Waals surface area contributed by atoms with Gasteiger partial charge in [-0.3, -0.25) is 9.59 Å². The van der Waals surface area contributed by atoms with Crippen molar-refractivity contribution in [2.24, 2.45) is 5.92 Å². The fourth-order valence-corrected chi connectivity index (χ4v) is 3.95.